The Morgan fingerprint density at radius 1 is 1.41 bits per heavy atom. The quantitative estimate of drug-likeness (QED) is 0.907. The van der Waals surface area contributed by atoms with E-state index < -0.39 is 0 Å². The Morgan fingerprint density at radius 2 is 2.24 bits per heavy atom. The predicted octanol–water partition coefficient (Wildman–Crippen LogP) is 3.98. The fourth-order valence-electron chi connectivity index (χ4n) is 1.85. The van der Waals surface area contributed by atoms with Gasteiger partial charge in [-0.1, -0.05) is 22.9 Å². The summed E-state index contributed by atoms with van der Waals surface area (Å²) in [5.41, 5.74) is 6.67. The first-order valence-electron chi connectivity index (χ1n) is 5.94. The van der Waals surface area contributed by atoms with E-state index in [1.54, 1.807) is 11.3 Å². The molecule has 92 valence electrons. The summed E-state index contributed by atoms with van der Waals surface area (Å²) >= 11 is 5.29. The fraction of sp³-hybridized carbons (Fsp3) is 0.462. The lowest BCUT2D eigenvalue weighted by Gasteiger charge is -2.07. The number of nitrogens with two attached hydrogens (primary N) is 1. The van der Waals surface area contributed by atoms with Gasteiger partial charge in [0.25, 0.3) is 0 Å². The molecule has 0 radical (unpaired) electrons. The lowest BCUT2D eigenvalue weighted by molar-refractivity contribution is 0.499. The Labute approximate surface area is 114 Å². The zero-order valence-corrected chi connectivity index (χ0v) is 12.4. The molecule has 2 aromatic rings. The van der Waals surface area contributed by atoms with Crippen molar-refractivity contribution in [1.29, 1.82) is 0 Å². The number of fused-ring (bicyclic) bond motifs is 1. The SMILES string of the molecule is CC(CCN)CCc1nc2ccc(Br)cc2s1. The lowest BCUT2D eigenvalue weighted by atomic mass is 10.0. The van der Waals surface area contributed by atoms with Gasteiger partial charge >= 0.3 is 0 Å². The maximum absolute atomic E-state index is 5.56. The van der Waals surface area contributed by atoms with Crippen LogP contribution in [0.1, 0.15) is 24.8 Å². The normalized spacial score (nSPS) is 13.1. The highest BCUT2D eigenvalue weighted by Crippen LogP contribution is 2.26. The third-order valence-corrected chi connectivity index (χ3v) is 4.48. The van der Waals surface area contributed by atoms with E-state index in [0.717, 1.165) is 29.4 Å². The van der Waals surface area contributed by atoms with Gasteiger partial charge in [-0.05, 0) is 49.9 Å². The molecule has 0 saturated carbocycles. The van der Waals surface area contributed by atoms with Gasteiger partial charge in [0.1, 0.15) is 0 Å². The van der Waals surface area contributed by atoms with Crippen molar-refractivity contribution in [3.8, 4) is 0 Å². The Hall–Kier alpha value is -0.450. The molecule has 4 heteroatoms. The zero-order valence-electron chi connectivity index (χ0n) is 9.95. The number of hydrogen-bond acceptors (Lipinski definition) is 3. The zero-order chi connectivity index (χ0) is 12.3. The Kier molecular flexibility index (Phi) is 4.54. The van der Waals surface area contributed by atoms with Gasteiger partial charge in [-0.25, -0.2) is 4.98 Å². The van der Waals surface area contributed by atoms with Gasteiger partial charge in [-0.3, -0.25) is 0 Å². The van der Waals surface area contributed by atoms with E-state index in [1.165, 1.54) is 16.1 Å². The highest BCUT2D eigenvalue weighted by Gasteiger charge is 2.06. The first-order chi connectivity index (χ1) is 8.19. The van der Waals surface area contributed by atoms with Crippen LogP contribution in [0, 0.1) is 5.92 Å². The molecule has 0 aliphatic rings. The molecule has 0 fully saturated rings. The molecular weight excluding hydrogens is 296 g/mol. The number of rotatable bonds is 5. The summed E-state index contributed by atoms with van der Waals surface area (Å²) in [6, 6.07) is 6.26. The molecule has 0 bridgehead atoms. The summed E-state index contributed by atoms with van der Waals surface area (Å²) in [6.07, 6.45) is 3.35. The molecule has 0 aliphatic heterocycles. The van der Waals surface area contributed by atoms with Crippen molar-refractivity contribution < 1.29 is 0 Å². The third-order valence-electron chi connectivity index (χ3n) is 2.91. The van der Waals surface area contributed by atoms with Crippen molar-refractivity contribution in [3.63, 3.8) is 0 Å². The summed E-state index contributed by atoms with van der Waals surface area (Å²) in [7, 11) is 0. The largest absolute Gasteiger partial charge is 0.330 e. The smallest absolute Gasteiger partial charge is 0.0938 e. The van der Waals surface area contributed by atoms with Crippen LogP contribution in [0.2, 0.25) is 0 Å². The van der Waals surface area contributed by atoms with Gasteiger partial charge in [-0.15, -0.1) is 11.3 Å². The Bertz CT molecular complexity index is 495. The van der Waals surface area contributed by atoms with E-state index in [4.69, 9.17) is 5.73 Å². The minimum Gasteiger partial charge on any atom is -0.330 e. The molecule has 0 spiro atoms. The van der Waals surface area contributed by atoms with E-state index in [-0.39, 0.29) is 0 Å². The number of thiazole rings is 1. The van der Waals surface area contributed by atoms with Crippen molar-refractivity contribution in [3.05, 3.63) is 27.7 Å². The number of halogens is 1. The maximum Gasteiger partial charge on any atom is 0.0938 e. The number of aryl methyl sites for hydroxylation is 1. The second-order valence-electron chi connectivity index (χ2n) is 4.44. The second-order valence-corrected chi connectivity index (χ2v) is 6.47. The number of hydrogen-bond donors (Lipinski definition) is 1. The molecule has 17 heavy (non-hydrogen) atoms. The van der Waals surface area contributed by atoms with Gasteiger partial charge < -0.3 is 5.73 Å². The van der Waals surface area contributed by atoms with Crippen LogP contribution in [-0.4, -0.2) is 11.5 Å². The fourth-order valence-corrected chi connectivity index (χ4v) is 3.39. The van der Waals surface area contributed by atoms with Crippen LogP contribution in [0.3, 0.4) is 0 Å². The average Bonchev–Trinajstić information content (AvgIpc) is 2.68. The maximum atomic E-state index is 5.56. The van der Waals surface area contributed by atoms with Crippen LogP contribution in [0.15, 0.2) is 22.7 Å². The average molecular weight is 313 g/mol. The predicted molar refractivity (Wildman–Crippen MR) is 78.5 cm³/mol. The van der Waals surface area contributed by atoms with Gasteiger partial charge in [0.05, 0.1) is 15.2 Å². The third kappa shape index (κ3) is 3.50. The summed E-state index contributed by atoms with van der Waals surface area (Å²) in [4.78, 5) is 4.65. The molecule has 0 saturated heterocycles. The Balaban J connectivity index is 2.04. The van der Waals surface area contributed by atoms with E-state index in [9.17, 15) is 0 Å². The first-order valence-corrected chi connectivity index (χ1v) is 7.55. The molecule has 0 amide bonds. The molecule has 1 atom stereocenters. The molecule has 2 nitrogen and oxygen atoms in total. The van der Waals surface area contributed by atoms with Crippen LogP contribution >= 0.6 is 27.3 Å². The molecule has 1 heterocycles. The van der Waals surface area contributed by atoms with Crippen LogP contribution in [-0.2, 0) is 6.42 Å². The van der Waals surface area contributed by atoms with Crippen molar-refractivity contribution in [2.45, 2.75) is 26.2 Å². The van der Waals surface area contributed by atoms with Gasteiger partial charge in [0.2, 0.25) is 0 Å². The Morgan fingerprint density at radius 3 is 3.00 bits per heavy atom. The molecule has 2 N–H and O–H groups in total. The van der Waals surface area contributed by atoms with E-state index >= 15 is 0 Å². The summed E-state index contributed by atoms with van der Waals surface area (Å²) in [6.45, 7) is 3.05. The van der Waals surface area contributed by atoms with Gasteiger partial charge in [-0.2, -0.15) is 0 Å². The standard InChI is InChI=1S/C13H17BrN2S/c1-9(6-7-15)2-5-13-16-11-4-3-10(14)8-12(11)17-13/h3-4,8-9H,2,5-7,15H2,1H3. The van der Waals surface area contributed by atoms with Crippen LogP contribution in [0.4, 0.5) is 0 Å². The van der Waals surface area contributed by atoms with Gasteiger partial charge in [0.15, 0.2) is 0 Å². The summed E-state index contributed by atoms with van der Waals surface area (Å²) < 4.78 is 2.39. The number of nitrogens with zero attached hydrogens (tertiary/aromatic N) is 1. The molecule has 1 aromatic carbocycles. The van der Waals surface area contributed by atoms with Gasteiger partial charge in [0, 0.05) is 4.47 Å². The van der Waals surface area contributed by atoms with Crippen LogP contribution in [0.25, 0.3) is 10.2 Å². The minimum atomic E-state index is 0.693. The van der Waals surface area contributed by atoms with E-state index in [2.05, 4.69) is 40.0 Å². The van der Waals surface area contributed by atoms with Crippen molar-refractivity contribution in [2.75, 3.05) is 6.54 Å². The molecule has 1 aromatic heterocycles. The second kappa shape index (κ2) is 5.94. The summed E-state index contributed by atoms with van der Waals surface area (Å²) in [5, 5.41) is 1.24. The molecular formula is C13H17BrN2S. The van der Waals surface area contributed by atoms with Crippen LogP contribution in [0.5, 0.6) is 0 Å². The highest BCUT2D eigenvalue weighted by molar-refractivity contribution is 9.10. The molecule has 1 unspecified atom stereocenters. The molecule has 0 aliphatic carbocycles. The minimum absolute atomic E-state index is 0.693. The number of benzene rings is 1. The van der Waals surface area contributed by atoms with Crippen molar-refractivity contribution in [1.82, 2.24) is 4.98 Å². The topological polar surface area (TPSA) is 38.9 Å². The lowest BCUT2D eigenvalue weighted by Crippen LogP contribution is -2.06. The highest BCUT2D eigenvalue weighted by atomic mass is 79.9. The first kappa shape index (κ1) is 13.0. The molecule has 2 rings (SSSR count). The summed E-state index contributed by atoms with van der Waals surface area (Å²) in [5.74, 6) is 0.693. The van der Waals surface area contributed by atoms with Crippen molar-refractivity contribution in [2.24, 2.45) is 11.7 Å². The van der Waals surface area contributed by atoms with Crippen LogP contribution < -0.4 is 5.73 Å². The number of aromatic nitrogens is 1. The van der Waals surface area contributed by atoms with Crippen molar-refractivity contribution >= 4 is 37.5 Å². The monoisotopic (exact) mass is 312 g/mol. The van der Waals surface area contributed by atoms with E-state index in [0.29, 0.717) is 5.92 Å². The van der Waals surface area contributed by atoms with E-state index in [1.807, 2.05) is 6.07 Å².